The molecule has 162 valence electrons. The highest BCUT2D eigenvalue weighted by Crippen LogP contribution is 2.37. The Kier molecular flexibility index (Phi) is 5.70. The van der Waals surface area contributed by atoms with E-state index in [0.717, 1.165) is 23.5 Å². The Morgan fingerprint density at radius 2 is 1.94 bits per heavy atom. The summed E-state index contributed by atoms with van der Waals surface area (Å²) in [5, 5.41) is 16.0. The van der Waals surface area contributed by atoms with Crippen LogP contribution in [0.3, 0.4) is 0 Å². The average Bonchev–Trinajstić information content (AvgIpc) is 3.55. The number of aliphatic hydroxyl groups excluding tert-OH is 1. The van der Waals surface area contributed by atoms with Gasteiger partial charge in [0.1, 0.15) is 5.69 Å². The molecule has 32 heavy (non-hydrogen) atoms. The molecule has 0 spiro atoms. The number of aromatic nitrogens is 3. The lowest BCUT2D eigenvalue weighted by molar-refractivity contribution is 0.101. The summed E-state index contributed by atoms with van der Waals surface area (Å²) in [5.41, 5.74) is 3.45. The highest BCUT2D eigenvalue weighted by atomic mass is 32.1. The minimum atomic E-state index is -0.501. The average molecular weight is 446 g/mol. The van der Waals surface area contributed by atoms with Gasteiger partial charge >= 0.3 is 0 Å². The molecule has 5 rings (SSSR count). The second kappa shape index (κ2) is 8.94. The van der Waals surface area contributed by atoms with Crippen molar-refractivity contribution in [2.45, 2.75) is 25.1 Å². The summed E-state index contributed by atoms with van der Waals surface area (Å²) in [6.07, 6.45) is 5.55. The number of hydrogen-bond acceptors (Lipinski definition) is 6. The Bertz CT molecular complexity index is 1190. The van der Waals surface area contributed by atoms with Gasteiger partial charge in [-0.1, -0.05) is 18.2 Å². The van der Waals surface area contributed by atoms with Crippen LogP contribution in [0.15, 0.2) is 78.6 Å². The van der Waals surface area contributed by atoms with Gasteiger partial charge in [0.15, 0.2) is 5.13 Å². The first kappa shape index (κ1) is 20.4. The van der Waals surface area contributed by atoms with Gasteiger partial charge in [0.05, 0.1) is 17.8 Å². The molecule has 2 atom stereocenters. The van der Waals surface area contributed by atoms with E-state index >= 15 is 0 Å². The van der Waals surface area contributed by atoms with Crippen LogP contribution < -0.4 is 10.2 Å². The smallest absolute Gasteiger partial charge is 0.274 e. The molecule has 0 aliphatic carbocycles. The minimum Gasteiger partial charge on any atom is -0.390 e. The van der Waals surface area contributed by atoms with E-state index in [1.165, 1.54) is 11.3 Å². The maximum absolute atomic E-state index is 12.9. The van der Waals surface area contributed by atoms with Gasteiger partial charge in [-0.2, -0.15) is 0 Å². The standard InChI is InChI=1S/C24H23N5O2S/c30-21-10-14-29(18-5-2-1-3-6-18)22(21)19-16-32-24(26-19)27-23(31)20-7-4-13-28(20)15-17-8-11-25-12-9-17/h1-9,11-13,16,21-22,30H,10,14-15H2,(H,26,27,31)/t21-,22-/m0/s1. The SMILES string of the molecule is O=C(Nc1nc([C@H]2[C@@H](O)CCN2c2ccccc2)cs1)c1cccn1Cc1ccncc1. The fourth-order valence-electron chi connectivity index (χ4n) is 4.13. The zero-order chi connectivity index (χ0) is 21.9. The lowest BCUT2D eigenvalue weighted by atomic mass is 10.1. The van der Waals surface area contributed by atoms with Crippen molar-refractivity contribution < 1.29 is 9.90 Å². The monoisotopic (exact) mass is 445 g/mol. The van der Waals surface area contributed by atoms with Crippen LogP contribution in [0.5, 0.6) is 0 Å². The summed E-state index contributed by atoms with van der Waals surface area (Å²) < 4.78 is 1.90. The highest BCUT2D eigenvalue weighted by Gasteiger charge is 2.36. The molecule has 1 aliphatic rings. The molecule has 1 fully saturated rings. The Balaban J connectivity index is 1.32. The second-order valence-corrected chi connectivity index (χ2v) is 8.60. The van der Waals surface area contributed by atoms with Crippen molar-refractivity contribution in [2.24, 2.45) is 0 Å². The zero-order valence-electron chi connectivity index (χ0n) is 17.3. The fourth-order valence-corrected chi connectivity index (χ4v) is 4.86. The molecular weight excluding hydrogens is 422 g/mol. The van der Waals surface area contributed by atoms with Crippen LogP contribution in [0.4, 0.5) is 10.8 Å². The number of carbonyl (C=O) groups is 1. The second-order valence-electron chi connectivity index (χ2n) is 7.74. The zero-order valence-corrected chi connectivity index (χ0v) is 18.2. The molecule has 1 amide bonds. The Morgan fingerprint density at radius 3 is 2.75 bits per heavy atom. The highest BCUT2D eigenvalue weighted by molar-refractivity contribution is 7.14. The third kappa shape index (κ3) is 4.15. The number of hydrogen-bond donors (Lipinski definition) is 2. The van der Waals surface area contributed by atoms with Crippen LogP contribution in [-0.4, -0.2) is 38.2 Å². The van der Waals surface area contributed by atoms with Crippen molar-refractivity contribution in [1.82, 2.24) is 14.5 Å². The number of aliphatic hydroxyl groups is 1. The summed E-state index contributed by atoms with van der Waals surface area (Å²) in [7, 11) is 0. The summed E-state index contributed by atoms with van der Waals surface area (Å²) >= 11 is 1.37. The van der Waals surface area contributed by atoms with Gasteiger partial charge in [0.2, 0.25) is 0 Å². The lowest BCUT2D eigenvalue weighted by Crippen LogP contribution is -2.27. The van der Waals surface area contributed by atoms with Gasteiger partial charge in [0, 0.05) is 42.7 Å². The molecule has 0 radical (unpaired) electrons. The molecule has 0 bridgehead atoms. The number of thiazole rings is 1. The number of amides is 1. The normalized spacial score (nSPS) is 18.1. The van der Waals surface area contributed by atoms with Crippen molar-refractivity contribution in [3.63, 3.8) is 0 Å². The third-order valence-electron chi connectivity index (χ3n) is 5.66. The number of pyridine rings is 1. The maximum Gasteiger partial charge on any atom is 0.274 e. The molecule has 1 saturated heterocycles. The van der Waals surface area contributed by atoms with Gasteiger partial charge in [-0.05, 0) is 48.4 Å². The first-order valence-corrected chi connectivity index (χ1v) is 11.4. The van der Waals surface area contributed by atoms with Gasteiger partial charge in [0.25, 0.3) is 5.91 Å². The van der Waals surface area contributed by atoms with Crippen LogP contribution in [0.2, 0.25) is 0 Å². The van der Waals surface area contributed by atoms with Crippen molar-refractivity contribution in [1.29, 1.82) is 0 Å². The van der Waals surface area contributed by atoms with E-state index in [0.29, 0.717) is 23.8 Å². The molecule has 1 aliphatic heterocycles. The number of benzene rings is 1. The van der Waals surface area contributed by atoms with Crippen molar-refractivity contribution in [3.8, 4) is 0 Å². The largest absolute Gasteiger partial charge is 0.390 e. The van der Waals surface area contributed by atoms with Crippen molar-refractivity contribution in [2.75, 3.05) is 16.8 Å². The van der Waals surface area contributed by atoms with Gasteiger partial charge in [-0.15, -0.1) is 11.3 Å². The molecule has 8 heteroatoms. The van der Waals surface area contributed by atoms with E-state index in [2.05, 4.69) is 20.2 Å². The van der Waals surface area contributed by atoms with Gasteiger partial charge in [-0.3, -0.25) is 15.1 Å². The van der Waals surface area contributed by atoms with Gasteiger partial charge in [-0.25, -0.2) is 4.98 Å². The number of nitrogens with one attached hydrogen (secondary N) is 1. The summed E-state index contributed by atoms with van der Waals surface area (Å²) in [5.74, 6) is -0.211. The van der Waals surface area contributed by atoms with E-state index < -0.39 is 6.10 Å². The Labute approximate surface area is 190 Å². The molecular formula is C24H23N5O2S. The minimum absolute atomic E-state index is 0.211. The molecule has 3 aromatic heterocycles. The topological polar surface area (TPSA) is 83.3 Å². The van der Waals surface area contributed by atoms with Crippen LogP contribution in [0.1, 0.15) is 34.2 Å². The predicted octanol–water partition coefficient (Wildman–Crippen LogP) is 3.95. The van der Waals surface area contributed by atoms with Crippen LogP contribution in [0, 0.1) is 0 Å². The van der Waals surface area contributed by atoms with Crippen molar-refractivity contribution >= 4 is 28.1 Å². The number of nitrogens with zero attached hydrogens (tertiary/aromatic N) is 4. The van der Waals surface area contributed by atoms with Gasteiger partial charge < -0.3 is 14.6 Å². The van der Waals surface area contributed by atoms with E-state index in [1.807, 2.05) is 64.7 Å². The molecule has 7 nitrogen and oxygen atoms in total. The first-order valence-electron chi connectivity index (χ1n) is 10.5. The van der Waals surface area contributed by atoms with E-state index in [4.69, 9.17) is 0 Å². The van der Waals surface area contributed by atoms with Crippen LogP contribution >= 0.6 is 11.3 Å². The fraction of sp³-hybridized carbons (Fsp3) is 0.208. The molecule has 4 aromatic rings. The van der Waals surface area contributed by atoms with E-state index in [9.17, 15) is 9.90 Å². The number of anilines is 2. The Morgan fingerprint density at radius 1 is 1.12 bits per heavy atom. The molecule has 4 heterocycles. The summed E-state index contributed by atoms with van der Waals surface area (Å²) in [4.78, 5) is 23.8. The number of carbonyl (C=O) groups excluding carboxylic acids is 1. The third-order valence-corrected chi connectivity index (χ3v) is 6.44. The van der Waals surface area contributed by atoms with Crippen molar-refractivity contribution in [3.05, 3.63) is 95.5 Å². The predicted molar refractivity (Wildman–Crippen MR) is 125 cm³/mol. The van der Waals surface area contributed by atoms with Crippen LogP contribution in [0.25, 0.3) is 0 Å². The van der Waals surface area contributed by atoms with E-state index in [1.54, 1.807) is 18.5 Å². The molecule has 0 saturated carbocycles. The molecule has 1 aromatic carbocycles. The lowest BCUT2D eigenvalue weighted by Gasteiger charge is -2.26. The first-order chi connectivity index (χ1) is 15.7. The molecule has 2 N–H and O–H groups in total. The Hall–Kier alpha value is -3.49. The number of rotatable bonds is 6. The molecule has 0 unspecified atom stereocenters. The maximum atomic E-state index is 12.9. The summed E-state index contributed by atoms with van der Waals surface area (Å²) in [6.45, 7) is 1.35. The van der Waals surface area contributed by atoms with Crippen LogP contribution in [-0.2, 0) is 6.54 Å². The summed E-state index contributed by atoms with van der Waals surface area (Å²) in [6, 6.07) is 17.3. The quantitative estimate of drug-likeness (QED) is 0.470. The van der Waals surface area contributed by atoms with E-state index in [-0.39, 0.29) is 11.9 Å². The number of para-hydroxylation sites is 1.